The lowest BCUT2D eigenvalue weighted by molar-refractivity contribution is 0.619. The Labute approximate surface area is 167 Å². The average molecular weight is 380 g/mol. The van der Waals surface area contributed by atoms with Gasteiger partial charge < -0.3 is 0 Å². The predicted octanol–water partition coefficient (Wildman–Crippen LogP) is 5.57. The summed E-state index contributed by atoms with van der Waals surface area (Å²) in [6.45, 7) is 1.76. The van der Waals surface area contributed by atoms with Crippen LogP contribution in [0.1, 0.15) is 5.56 Å². The lowest BCUT2D eigenvalue weighted by Crippen LogP contribution is -1.93. The first-order valence-corrected chi connectivity index (χ1v) is 9.30. The van der Waals surface area contributed by atoms with Crippen LogP contribution in [0.5, 0.6) is 0 Å². The summed E-state index contributed by atoms with van der Waals surface area (Å²) in [6, 6.07) is 17.1. The predicted molar refractivity (Wildman–Crippen MR) is 112 cm³/mol. The molecule has 0 amide bonds. The van der Waals surface area contributed by atoms with E-state index in [2.05, 4.69) is 31.5 Å². The van der Waals surface area contributed by atoms with Crippen LogP contribution in [0.3, 0.4) is 0 Å². The zero-order valence-electron chi connectivity index (χ0n) is 15.7. The smallest absolute Gasteiger partial charge is 0.144 e. The maximum Gasteiger partial charge on any atom is 0.144 e. The molecule has 29 heavy (non-hydrogen) atoms. The Morgan fingerprint density at radius 3 is 2.52 bits per heavy atom. The number of fused-ring (bicyclic) bond motifs is 1. The maximum atomic E-state index is 13.7. The molecule has 0 N–H and O–H groups in total. The van der Waals surface area contributed by atoms with Crippen molar-refractivity contribution < 1.29 is 4.39 Å². The molecule has 4 nitrogen and oxygen atoms in total. The van der Waals surface area contributed by atoms with Gasteiger partial charge in [-0.25, -0.2) is 9.37 Å². The lowest BCUT2D eigenvalue weighted by atomic mass is 9.99. The molecule has 1 aromatic carbocycles. The van der Waals surface area contributed by atoms with E-state index >= 15 is 0 Å². The first-order chi connectivity index (χ1) is 14.2. The van der Waals surface area contributed by atoms with Gasteiger partial charge in [-0.3, -0.25) is 14.4 Å². The molecule has 0 saturated heterocycles. The van der Waals surface area contributed by atoms with E-state index in [0.717, 1.165) is 39.3 Å². The van der Waals surface area contributed by atoms with Crippen LogP contribution < -0.4 is 0 Å². The van der Waals surface area contributed by atoms with Crippen LogP contribution >= 0.6 is 0 Å². The number of rotatable bonds is 3. The Balaban J connectivity index is 1.63. The molecular weight excluding hydrogens is 363 g/mol. The summed E-state index contributed by atoms with van der Waals surface area (Å²) in [6.07, 6.45) is 9.16. The van der Waals surface area contributed by atoms with Crippen molar-refractivity contribution >= 4 is 5.52 Å². The molecule has 0 aliphatic carbocycles. The Morgan fingerprint density at radius 2 is 1.69 bits per heavy atom. The normalized spacial score (nSPS) is 11.1. The van der Waals surface area contributed by atoms with Crippen LogP contribution in [-0.4, -0.2) is 19.4 Å². The summed E-state index contributed by atoms with van der Waals surface area (Å²) in [7, 11) is 0. The summed E-state index contributed by atoms with van der Waals surface area (Å²) in [4.78, 5) is 13.2. The Kier molecular flexibility index (Phi) is 4.13. The minimum absolute atomic E-state index is 0.212. The summed E-state index contributed by atoms with van der Waals surface area (Å²) in [5.41, 5.74) is 6.35. The molecule has 0 saturated carbocycles. The van der Waals surface area contributed by atoms with Gasteiger partial charge in [0.1, 0.15) is 11.6 Å². The highest BCUT2D eigenvalue weighted by Crippen LogP contribution is 2.32. The van der Waals surface area contributed by atoms with Gasteiger partial charge in [-0.2, -0.15) is 0 Å². The second-order valence-corrected chi connectivity index (χ2v) is 6.89. The van der Waals surface area contributed by atoms with Crippen molar-refractivity contribution in [1.29, 1.82) is 0 Å². The SMILES string of the molecule is Cc1cc(-c2ncccc2-c2ccn3c(-c4ccncc4)ncc3c2)ccc1F. The first-order valence-electron chi connectivity index (χ1n) is 9.30. The summed E-state index contributed by atoms with van der Waals surface area (Å²) in [5.74, 6) is 0.657. The molecule has 0 aliphatic heterocycles. The highest BCUT2D eigenvalue weighted by molar-refractivity contribution is 5.82. The van der Waals surface area contributed by atoms with Gasteiger partial charge in [0.2, 0.25) is 0 Å². The summed E-state index contributed by atoms with van der Waals surface area (Å²) >= 11 is 0. The molecule has 5 rings (SSSR count). The fourth-order valence-corrected chi connectivity index (χ4v) is 3.54. The Hall–Kier alpha value is -3.86. The van der Waals surface area contributed by atoms with E-state index in [9.17, 15) is 4.39 Å². The maximum absolute atomic E-state index is 13.7. The van der Waals surface area contributed by atoms with Crippen molar-refractivity contribution in [2.45, 2.75) is 6.92 Å². The standard InChI is InChI=1S/C24H17FN4/c1-16-13-19(4-5-22(16)25)23-21(3-2-9-27-23)18-8-12-29-20(14-18)15-28-24(29)17-6-10-26-11-7-17/h2-15H,1H3. The van der Waals surface area contributed by atoms with Gasteiger partial charge in [-0.05, 0) is 66.6 Å². The van der Waals surface area contributed by atoms with Crippen molar-refractivity contribution in [2.24, 2.45) is 0 Å². The van der Waals surface area contributed by atoms with Gasteiger partial charge in [0.25, 0.3) is 0 Å². The fourth-order valence-electron chi connectivity index (χ4n) is 3.54. The van der Waals surface area contributed by atoms with Gasteiger partial charge >= 0.3 is 0 Å². The van der Waals surface area contributed by atoms with Gasteiger partial charge in [0.15, 0.2) is 0 Å². The van der Waals surface area contributed by atoms with Gasteiger partial charge in [-0.15, -0.1) is 0 Å². The Morgan fingerprint density at radius 1 is 0.828 bits per heavy atom. The minimum atomic E-state index is -0.212. The van der Waals surface area contributed by atoms with Gasteiger partial charge in [0, 0.05) is 41.5 Å². The molecule has 0 aliphatic rings. The second kappa shape index (κ2) is 6.95. The highest BCUT2D eigenvalue weighted by Gasteiger charge is 2.12. The molecule has 5 aromatic rings. The van der Waals surface area contributed by atoms with E-state index in [1.165, 1.54) is 6.07 Å². The van der Waals surface area contributed by atoms with Crippen LogP contribution in [0.25, 0.3) is 39.3 Å². The van der Waals surface area contributed by atoms with Crippen molar-refractivity contribution in [3.63, 3.8) is 0 Å². The minimum Gasteiger partial charge on any atom is -0.300 e. The molecule has 4 heterocycles. The molecule has 0 fully saturated rings. The van der Waals surface area contributed by atoms with Crippen molar-refractivity contribution in [1.82, 2.24) is 19.4 Å². The Bertz CT molecular complexity index is 1330. The number of hydrogen-bond donors (Lipinski definition) is 0. The van der Waals surface area contributed by atoms with E-state index < -0.39 is 0 Å². The number of benzene rings is 1. The number of imidazole rings is 1. The molecule has 0 atom stereocenters. The molecule has 0 bridgehead atoms. The number of halogens is 1. The number of nitrogens with zero attached hydrogens (tertiary/aromatic N) is 4. The quantitative estimate of drug-likeness (QED) is 0.411. The van der Waals surface area contributed by atoms with E-state index in [0.29, 0.717) is 5.56 Å². The van der Waals surface area contributed by atoms with E-state index in [4.69, 9.17) is 0 Å². The van der Waals surface area contributed by atoms with Crippen LogP contribution in [0.15, 0.2) is 85.6 Å². The van der Waals surface area contributed by atoms with Crippen LogP contribution in [0.2, 0.25) is 0 Å². The molecule has 5 heteroatoms. The summed E-state index contributed by atoms with van der Waals surface area (Å²) in [5, 5.41) is 0. The second-order valence-electron chi connectivity index (χ2n) is 6.89. The van der Waals surface area contributed by atoms with Crippen molar-refractivity contribution in [3.8, 4) is 33.8 Å². The number of pyridine rings is 3. The fraction of sp³-hybridized carbons (Fsp3) is 0.0417. The van der Waals surface area contributed by atoms with E-state index in [-0.39, 0.29) is 5.82 Å². The van der Waals surface area contributed by atoms with Gasteiger partial charge in [-0.1, -0.05) is 6.07 Å². The largest absolute Gasteiger partial charge is 0.300 e. The van der Waals surface area contributed by atoms with Crippen LogP contribution in [0.4, 0.5) is 4.39 Å². The monoisotopic (exact) mass is 380 g/mol. The average Bonchev–Trinajstić information content (AvgIpc) is 3.19. The molecule has 0 radical (unpaired) electrons. The number of hydrogen-bond acceptors (Lipinski definition) is 3. The lowest BCUT2D eigenvalue weighted by Gasteiger charge is -2.11. The third kappa shape index (κ3) is 3.06. The van der Waals surface area contributed by atoms with Crippen LogP contribution in [-0.2, 0) is 0 Å². The number of aromatic nitrogens is 4. The molecule has 0 unspecified atom stereocenters. The summed E-state index contributed by atoms with van der Waals surface area (Å²) < 4.78 is 15.8. The molecular formula is C24H17FN4. The van der Waals surface area contributed by atoms with Crippen molar-refractivity contribution in [2.75, 3.05) is 0 Å². The zero-order valence-corrected chi connectivity index (χ0v) is 15.7. The third-order valence-electron chi connectivity index (χ3n) is 5.02. The molecule has 0 spiro atoms. The zero-order chi connectivity index (χ0) is 19.8. The van der Waals surface area contributed by atoms with E-state index in [1.807, 2.05) is 42.7 Å². The third-order valence-corrected chi connectivity index (χ3v) is 5.02. The van der Waals surface area contributed by atoms with E-state index in [1.54, 1.807) is 31.6 Å². The first kappa shape index (κ1) is 17.3. The highest BCUT2D eigenvalue weighted by atomic mass is 19.1. The number of aryl methyl sites for hydroxylation is 1. The topological polar surface area (TPSA) is 43.1 Å². The molecule has 140 valence electrons. The van der Waals surface area contributed by atoms with Crippen LogP contribution in [0, 0.1) is 12.7 Å². The van der Waals surface area contributed by atoms with Crippen molar-refractivity contribution in [3.05, 3.63) is 97.0 Å². The molecule has 4 aromatic heterocycles. The van der Waals surface area contributed by atoms with Gasteiger partial charge in [0.05, 0.1) is 17.4 Å².